The maximum absolute atomic E-state index is 11.9. The summed E-state index contributed by atoms with van der Waals surface area (Å²) in [7, 11) is 0. The van der Waals surface area contributed by atoms with Crippen molar-refractivity contribution in [3.63, 3.8) is 0 Å². The van der Waals surface area contributed by atoms with Crippen LogP contribution in [0.15, 0.2) is 28.9 Å². The minimum absolute atomic E-state index is 0.198. The molecule has 0 radical (unpaired) electrons. The van der Waals surface area contributed by atoms with Crippen molar-refractivity contribution >= 4 is 17.6 Å². The predicted molar refractivity (Wildman–Crippen MR) is 64.8 cm³/mol. The van der Waals surface area contributed by atoms with Crippen molar-refractivity contribution in [1.29, 1.82) is 0 Å². The number of amides is 1. The Kier molecular flexibility index (Phi) is 2.82. The number of carbonyl (C=O) groups excluding carboxylic acids is 1. The third-order valence-electron chi connectivity index (χ3n) is 2.33. The van der Waals surface area contributed by atoms with E-state index in [4.69, 9.17) is 10.2 Å². The van der Waals surface area contributed by atoms with Crippen molar-refractivity contribution < 1.29 is 9.21 Å². The number of hydrogen-bond donors (Lipinski definition) is 2. The number of nitrogens with one attached hydrogen (secondary N) is 1. The zero-order valence-corrected chi connectivity index (χ0v) is 9.65. The van der Waals surface area contributed by atoms with Gasteiger partial charge in [-0.2, -0.15) is 4.98 Å². The molecule has 2 aromatic rings. The van der Waals surface area contributed by atoms with E-state index in [1.165, 1.54) is 6.26 Å². The van der Waals surface area contributed by atoms with Crippen LogP contribution in [0, 0.1) is 13.8 Å². The van der Waals surface area contributed by atoms with Crippen LogP contribution in [0.2, 0.25) is 0 Å². The van der Waals surface area contributed by atoms with Crippen LogP contribution in [-0.2, 0) is 0 Å². The second-order valence-electron chi connectivity index (χ2n) is 3.82. The Balaban J connectivity index is 2.20. The SMILES string of the molecule is Cc1coc(NC(=O)c2ccc(N)cc2C)n1. The van der Waals surface area contributed by atoms with Gasteiger partial charge in [0.05, 0.1) is 5.69 Å². The largest absolute Gasteiger partial charge is 0.432 e. The summed E-state index contributed by atoms with van der Waals surface area (Å²) in [5, 5.41) is 2.58. The number of aryl methyl sites for hydroxylation is 2. The Bertz CT molecular complexity index is 561. The number of nitrogen functional groups attached to an aromatic ring is 1. The fourth-order valence-corrected chi connectivity index (χ4v) is 1.52. The van der Waals surface area contributed by atoms with E-state index in [1.54, 1.807) is 25.1 Å². The van der Waals surface area contributed by atoms with Crippen LogP contribution in [-0.4, -0.2) is 10.9 Å². The average molecular weight is 231 g/mol. The summed E-state index contributed by atoms with van der Waals surface area (Å²) in [6.45, 7) is 3.61. The first-order chi connectivity index (χ1) is 8.06. The summed E-state index contributed by atoms with van der Waals surface area (Å²) in [5.41, 5.74) is 8.33. The molecule has 1 aromatic heterocycles. The molecular weight excluding hydrogens is 218 g/mol. The predicted octanol–water partition coefficient (Wildman–Crippen LogP) is 2.13. The highest BCUT2D eigenvalue weighted by molar-refractivity contribution is 6.04. The van der Waals surface area contributed by atoms with Crippen LogP contribution in [0.3, 0.4) is 0 Å². The topological polar surface area (TPSA) is 81.2 Å². The van der Waals surface area contributed by atoms with E-state index in [0.29, 0.717) is 16.9 Å². The smallest absolute Gasteiger partial charge is 0.301 e. The lowest BCUT2D eigenvalue weighted by Gasteiger charge is -2.05. The number of anilines is 2. The number of benzene rings is 1. The zero-order chi connectivity index (χ0) is 12.4. The number of rotatable bonds is 2. The lowest BCUT2D eigenvalue weighted by molar-refractivity contribution is 0.102. The average Bonchev–Trinajstić information content (AvgIpc) is 2.63. The molecule has 1 amide bonds. The summed E-state index contributed by atoms with van der Waals surface area (Å²) < 4.78 is 5.05. The molecule has 0 bridgehead atoms. The van der Waals surface area contributed by atoms with E-state index in [1.807, 2.05) is 6.92 Å². The summed E-state index contributed by atoms with van der Waals surface area (Å²) in [6.07, 6.45) is 1.48. The van der Waals surface area contributed by atoms with Gasteiger partial charge in [0.15, 0.2) is 0 Å². The molecule has 5 nitrogen and oxygen atoms in total. The molecule has 0 spiro atoms. The van der Waals surface area contributed by atoms with Crippen molar-refractivity contribution in [2.45, 2.75) is 13.8 Å². The van der Waals surface area contributed by atoms with Crippen LogP contribution < -0.4 is 11.1 Å². The number of nitrogens with zero attached hydrogens (tertiary/aromatic N) is 1. The highest BCUT2D eigenvalue weighted by atomic mass is 16.4. The molecule has 1 heterocycles. The molecule has 1 aromatic carbocycles. The van der Waals surface area contributed by atoms with Gasteiger partial charge in [-0.25, -0.2) is 0 Å². The van der Waals surface area contributed by atoms with E-state index in [9.17, 15) is 4.79 Å². The Labute approximate surface area is 98.6 Å². The van der Waals surface area contributed by atoms with Crippen molar-refractivity contribution in [1.82, 2.24) is 4.98 Å². The number of nitrogens with two attached hydrogens (primary N) is 1. The van der Waals surface area contributed by atoms with Crippen molar-refractivity contribution in [2.24, 2.45) is 0 Å². The molecule has 2 rings (SSSR count). The molecule has 0 aliphatic heterocycles. The van der Waals surface area contributed by atoms with Gasteiger partial charge in [-0.3, -0.25) is 10.1 Å². The van der Waals surface area contributed by atoms with E-state index in [2.05, 4.69) is 10.3 Å². The molecule has 17 heavy (non-hydrogen) atoms. The Morgan fingerprint density at radius 1 is 1.41 bits per heavy atom. The zero-order valence-electron chi connectivity index (χ0n) is 9.65. The second-order valence-corrected chi connectivity index (χ2v) is 3.82. The quantitative estimate of drug-likeness (QED) is 0.776. The van der Waals surface area contributed by atoms with Gasteiger partial charge in [-0.1, -0.05) is 0 Å². The third-order valence-corrected chi connectivity index (χ3v) is 2.33. The molecule has 3 N–H and O–H groups in total. The summed E-state index contributed by atoms with van der Waals surface area (Å²) >= 11 is 0. The monoisotopic (exact) mass is 231 g/mol. The molecule has 0 atom stereocenters. The van der Waals surface area contributed by atoms with E-state index < -0.39 is 0 Å². The minimum Gasteiger partial charge on any atom is -0.432 e. The van der Waals surface area contributed by atoms with E-state index in [-0.39, 0.29) is 11.9 Å². The molecule has 0 unspecified atom stereocenters. The van der Waals surface area contributed by atoms with Gasteiger partial charge in [-0.05, 0) is 37.6 Å². The van der Waals surface area contributed by atoms with E-state index >= 15 is 0 Å². The normalized spacial score (nSPS) is 10.2. The van der Waals surface area contributed by atoms with Crippen LogP contribution in [0.5, 0.6) is 0 Å². The molecule has 0 aliphatic rings. The molecule has 0 saturated carbocycles. The Hall–Kier alpha value is -2.30. The molecular formula is C12H13N3O2. The fraction of sp³-hybridized carbons (Fsp3) is 0.167. The van der Waals surface area contributed by atoms with Crippen LogP contribution >= 0.6 is 0 Å². The van der Waals surface area contributed by atoms with Crippen LogP contribution in [0.4, 0.5) is 11.7 Å². The number of hydrogen-bond acceptors (Lipinski definition) is 4. The minimum atomic E-state index is -0.260. The summed E-state index contributed by atoms with van der Waals surface area (Å²) in [4.78, 5) is 15.9. The lowest BCUT2D eigenvalue weighted by atomic mass is 10.1. The molecule has 0 saturated heterocycles. The molecule has 88 valence electrons. The first-order valence-electron chi connectivity index (χ1n) is 5.16. The van der Waals surface area contributed by atoms with Crippen molar-refractivity contribution in [2.75, 3.05) is 11.1 Å². The van der Waals surface area contributed by atoms with Gasteiger partial charge in [0.1, 0.15) is 6.26 Å². The molecule has 0 aliphatic carbocycles. The number of aromatic nitrogens is 1. The maximum atomic E-state index is 11.9. The Morgan fingerprint density at radius 2 is 2.18 bits per heavy atom. The highest BCUT2D eigenvalue weighted by Crippen LogP contribution is 2.14. The Morgan fingerprint density at radius 3 is 2.76 bits per heavy atom. The number of carbonyl (C=O) groups is 1. The third kappa shape index (κ3) is 2.44. The molecule has 0 fully saturated rings. The van der Waals surface area contributed by atoms with Gasteiger partial charge in [-0.15, -0.1) is 0 Å². The lowest BCUT2D eigenvalue weighted by Crippen LogP contribution is -2.13. The van der Waals surface area contributed by atoms with E-state index in [0.717, 1.165) is 5.56 Å². The highest BCUT2D eigenvalue weighted by Gasteiger charge is 2.11. The number of oxazole rings is 1. The van der Waals surface area contributed by atoms with Gasteiger partial charge < -0.3 is 10.2 Å². The van der Waals surface area contributed by atoms with Gasteiger partial charge >= 0.3 is 6.01 Å². The standard InChI is InChI=1S/C12H13N3O2/c1-7-5-9(13)3-4-10(7)11(16)15-12-14-8(2)6-17-12/h3-6H,13H2,1-2H3,(H,14,15,16). The van der Waals surface area contributed by atoms with Crippen molar-refractivity contribution in [3.05, 3.63) is 41.3 Å². The fourth-order valence-electron chi connectivity index (χ4n) is 1.52. The first kappa shape index (κ1) is 11.2. The van der Waals surface area contributed by atoms with Crippen LogP contribution in [0.25, 0.3) is 0 Å². The summed E-state index contributed by atoms with van der Waals surface area (Å²) in [5.74, 6) is -0.260. The van der Waals surface area contributed by atoms with Crippen molar-refractivity contribution in [3.8, 4) is 0 Å². The van der Waals surface area contributed by atoms with Gasteiger partial charge in [0.2, 0.25) is 0 Å². The maximum Gasteiger partial charge on any atom is 0.301 e. The first-order valence-corrected chi connectivity index (χ1v) is 5.16. The summed E-state index contributed by atoms with van der Waals surface area (Å²) in [6, 6.07) is 5.30. The second kappa shape index (κ2) is 4.29. The van der Waals surface area contributed by atoms with Gasteiger partial charge in [0, 0.05) is 11.3 Å². The molecule has 5 heteroatoms. The van der Waals surface area contributed by atoms with Crippen LogP contribution in [0.1, 0.15) is 21.6 Å². The van der Waals surface area contributed by atoms with Gasteiger partial charge in [0.25, 0.3) is 5.91 Å².